The van der Waals surface area contributed by atoms with Gasteiger partial charge in [-0.2, -0.15) is 10.4 Å². The molecular formula is C22H26BrN5O4. The molecule has 0 saturated carbocycles. The van der Waals surface area contributed by atoms with E-state index in [1.54, 1.807) is 19.1 Å². The summed E-state index contributed by atoms with van der Waals surface area (Å²) in [4.78, 5) is 18.4. The van der Waals surface area contributed by atoms with E-state index in [1.165, 1.54) is 13.3 Å². The van der Waals surface area contributed by atoms with E-state index in [4.69, 9.17) is 9.47 Å². The van der Waals surface area contributed by atoms with Gasteiger partial charge in [-0.3, -0.25) is 4.79 Å². The van der Waals surface area contributed by atoms with Crippen molar-refractivity contribution in [1.82, 2.24) is 10.4 Å². The van der Waals surface area contributed by atoms with Crippen molar-refractivity contribution in [2.45, 2.75) is 27.4 Å². The number of anilines is 1. The average molecular weight is 504 g/mol. The number of nitrogens with zero attached hydrogens (tertiary/aromatic N) is 4. The number of carbonyl (C=O) groups is 1. The predicted molar refractivity (Wildman–Crippen MR) is 125 cm³/mol. The molecule has 0 aliphatic rings. The Morgan fingerprint density at radius 3 is 2.72 bits per heavy atom. The Labute approximate surface area is 195 Å². The lowest BCUT2D eigenvalue weighted by Gasteiger charge is -2.21. The third-order valence-corrected chi connectivity index (χ3v) is 5.70. The van der Waals surface area contributed by atoms with Gasteiger partial charge in [-0.15, -0.1) is 0 Å². The molecule has 2 rings (SSSR count). The number of aromatic hydroxyl groups is 1. The second-order valence-corrected chi connectivity index (χ2v) is 7.50. The molecule has 1 amide bonds. The van der Waals surface area contributed by atoms with Crippen LogP contribution in [0.5, 0.6) is 11.6 Å². The highest BCUT2D eigenvalue weighted by atomic mass is 79.9. The van der Waals surface area contributed by atoms with Crippen LogP contribution in [0.1, 0.15) is 36.2 Å². The molecule has 32 heavy (non-hydrogen) atoms. The van der Waals surface area contributed by atoms with Crippen molar-refractivity contribution < 1.29 is 19.4 Å². The number of nitrogens with one attached hydrogen (secondary N) is 1. The zero-order valence-corrected chi connectivity index (χ0v) is 20.1. The predicted octanol–water partition coefficient (Wildman–Crippen LogP) is 3.25. The van der Waals surface area contributed by atoms with Crippen LogP contribution in [0.2, 0.25) is 0 Å². The summed E-state index contributed by atoms with van der Waals surface area (Å²) in [6.07, 6.45) is 1.35. The molecule has 0 aliphatic heterocycles. The van der Waals surface area contributed by atoms with Crippen LogP contribution < -0.4 is 15.1 Å². The number of hydrogen-bond acceptors (Lipinski definition) is 8. The number of carbonyl (C=O) groups excluding carboxylic acids is 1. The number of rotatable bonds is 10. The van der Waals surface area contributed by atoms with Crippen molar-refractivity contribution in [3.8, 4) is 17.7 Å². The molecule has 1 aromatic heterocycles. The fourth-order valence-electron chi connectivity index (χ4n) is 2.98. The Kier molecular flexibility index (Phi) is 9.43. The van der Waals surface area contributed by atoms with Crippen LogP contribution in [-0.2, 0) is 16.1 Å². The molecule has 1 heterocycles. The van der Waals surface area contributed by atoms with Gasteiger partial charge >= 0.3 is 0 Å². The van der Waals surface area contributed by atoms with Crippen molar-refractivity contribution in [2.24, 2.45) is 5.10 Å². The quantitative estimate of drug-likeness (QED) is 0.377. The SMILES string of the molecule is CCN(CC)c1ccc(/C=N\NC(=O)COc2nc(C)c(Br)c(COC)c2C#N)c(O)c1. The van der Waals surface area contributed by atoms with Crippen molar-refractivity contribution in [3.05, 3.63) is 45.1 Å². The largest absolute Gasteiger partial charge is 0.507 e. The van der Waals surface area contributed by atoms with Gasteiger partial charge in [-0.05, 0) is 48.8 Å². The Morgan fingerprint density at radius 2 is 2.12 bits per heavy atom. The van der Waals surface area contributed by atoms with Gasteiger partial charge in [0.1, 0.15) is 17.4 Å². The number of benzene rings is 1. The van der Waals surface area contributed by atoms with Crippen LogP contribution >= 0.6 is 15.9 Å². The summed E-state index contributed by atoms with van der Waals surface area (Å²) in [6, 6.07) is 7.30. The highest BCUT2D eigenvalue weighted by Gasteiger charge is 2.18. The minimum absolute atomic E-state index is 0.0454. The Bertz CT molecular complexity index is 1030. The number of aromatic nitrogens is 1. The van der Waals surface area contributed by atoms with E-state index in [1.807, 2.05) is 26.0 Å². The molecule has 0 unspecified atom stereocenters. The lowest BCUT2D eigenvalue weighted by Crippen LogP contribution is -2.25. The summed E-state index contributed by atoms with van der Waals surface area (Å²) in [6.45, 7) is 7.28. The first-order chi connectivity index (χ1) is 15.4. The zero-order valence-electron chi connectivity index (χ0n) is 18.5. The van der Waals surface area contributed by atoms with Gasteiger partial charge in [0.15, 0.2) is 6.61 Å². The van der Waals surface area contributed by atoms with Crippen molar-refractivity contribution >= 4 is 33.7 Å². The summed E-state index contributed by atoms with van der Waals surface area (Å²) in [7, 11) is 1.52. The number of phenols is 1. The van der Waals surface area contributed by atoms with Gasteiger partial charge in [0, 0.05) is 47.6 Å². The molecule has 2 aromatic rings. The van der Waals surface area contributed by atoms with Crippen LogP contribution in [-0.4, -0.2) is 49.0 Å². The van der Waals surface area contributed by atoms with E-state index in [0.717, 1.165) is 18.8 Å². The molecule has 0 atom stereocenters. The highest BCUT2D eigenvalue weighted by molar-refractivity contribution is 9.10. The van der Waals surface area contributed by atoms with E-state index in [-0.39, 0.29) is 30.4 Å². The van der Waals surface area contributed by atoms with E-state index in [9.17, 15) is 15.2 Å². The maximum absolute atomic E-state index is 12.1. The van der Waals surface area contributed by atoms with Crippen LogP contribution in [0.25, 0.3) is 0 Å². The van der Waals surface area contributed by atoms with Crippen molar-refractivity contribution in [3.63, 3.8) is 0 Å². The normalized spacial score (nSPS) is 10.8. The van der Waals surface area contributed by atoms with Gasteiger partial charge in [0.2, 0.25) is 5.88 Å². The summed E-state index contributed by atoms with van der Waals surface area (Å²) in [5.41, 5.74) is 5.09. The van der Waals surface area contributed by atoms with E-state index >= 15 is 0 Å². The number of nitriles is 1. The number of pyridine rings is 1. The Hall–Kier alpha value is -3.16. The zero-order chi connectivity index (χ0) is 23.7. The third-order valence-electron chi connectivity index (χ3n) is 4.64. The van der Waals surface area contributed by atoms with Gasteiger partial charge in [-0.25, -0.2) is 10.4 Å². The fraction of sp³-hybridized carbons (Fsp3) is 0.364. The molecule has 9 nitrogen and oxygen atoms in total. The minimum Gasteiger partial charge on any atom is -0.507 e. The molecule has 0 radical (unpaired) electrons. The molecule has 10 heteroatoms. The molecule has 0 spiro atoms. The molecule has 0 bridgehead atoms. The summed E-state index contributed by atoms with van der Waals surface area (Å²) in [5.74, 6) is -0.438. The van der Waals surface area contributed by atoms with Gasteiger partial charge in [0.05, 0.1) is 18.5 Å². The molecule has 0 fully saturated rings. The lowest BCUT2D eigenvalue weighted by atomic mass is 10.1. The molecule has 1 aromatic carbocycles. The monoisotopic (exact) mass is 503 g/mol. The van der Waals surface area contributed by atoms with Gasteiger partial charge < -0.3 is 19.5 Å². The Morgan fingerprint density at radius 1 is 1.41 bits per heavy atom. The van der Waals surface area contributed by atoms with Gasteiger partial charge in [0.25, 0.3) is 5.91 Å². The smallest absolute Gasteiger partial charge is 0.278 e. The first-order valence-electron chi connectivity index (χ1n) is 9.96. The summed E-state index contributed by atoms with van der Waals surface area (Å²) in [5, 5.41) is 23.6. The molecule has 0 saturated heterocycles. The second kappa shape index (κ2) is 12.0. The molecule has 0 aliphatic carbocycles. The second-order valence-electron chi connectivity index (χ2n) is 6.71. The van der Waals surface area contributed by atoms with Crippen LogP contribution in [0, 0.1) is 18.3 Å². The molecular weight excluding hydrogens is 478 g/mol. The molecule has 170 valence electrons. The number of aryl methyl sites for hydroxylation is 1. The summed E-state index contributed by atoms with van der Waals surface area (Å²) < 4.78 is 11.3. The number of phenolic OH excluding ortho intramolecular Hbond substituents is 1. The van der Waals surface area contributed by atoms with Crippen molar-refractivity contribution in [2.75, 3.05) is 31.7 Å². The summed E-state index contributed by atoms with van der Waals surface area (Å²) >= 11 is 3.40. The third kappa shape index (κ3) is 6.18. The van der Waals surface area contributed by atoms with E-state index in [0.29, 0.717) is 21.3 Å². The number of hydrogen-bond donors (Lipinski definition) is 2. The van der Waals surface area contributed by atoms with Crippen LogP contribution in [0.15, 0.2) is 27.8 Å². The first kappa shape index (κ1) is 25.1. The standard InChI is InChI=1S/C22H26BrN5O4/c1-5-28(6-2)16-8-7-15(19(29)9-16)11-25-27-20(30)13-32-22-17(10-24)18(12-31-4)21(23)14(3)26-22/h7-9,11,29H,5-6,12-13H2,1-4H3,(H,27,30)/b25-11-. The Balaban J connectivity index is 2.03. The maximum Gasteiger partial charge on any atom is 0.278 e. The van der Waals surface area contributed by atoms with E-state index in [2.05, 4.69) is 36.3 Å². The minimum atomic E-state index is -0.542. The lowest BCUT2D eigenvalue weighted by molar-refractivity contribution is -0.123. The van der Waals surface area contributed by atoms with E-state index < -0.39 is 5.91 Å². The van der Waals surface area contributed by atoms with Crippen LogP contribution in [0.4, 0.5) is 5.69 Å². The first-order valence-corrected chi connectivity index (χ1v) is 10.8. The van der Waals surface area contributed by atoms with Crippen LogP contribution in [0.3, 0.4) is 0 Å². The highest BCUT2D eigenvalue weighted by Crippen LogP contribution is 2.30. The fourth-order valence-corrected chi connectivity index (χ4v) is 3.38. The van der Waals surface area contributed by atoms with Gasteiger partial charge in [-0.1, -0.05) is 0 Å². The van der Waals surface area contributed by atoms with Crippen molar-refractivity contribution in [1.29, 1.82) is 5.26 Å². The molecule has 2 N–H and O–H groups in total. The number of amides is 1. The topological polar surface area (TPSA) is 120 Å². The average Bonchev–Trinajstić information content (AvgIpc) is 2.78. The number of methoxy groups -OCH3 is 1. The number of ether oxygens (including phenoxy) is 2. The number of halogens is 1. The maximum atomic E-state index is 12.1. The number of hydrazone groups is 1.